The van der Waals surface area contributed by atoms with Crippen molar-refractivity contribution in [2.24, 2.45) is 0 Å². The fraction of sp³-hybridized carbons (Fsp3) is 0.778. The van der Waals surface area contributed by atoms with E-state index in [9.17, 15) is 9.59 Å². The van der Waals surface area contributed by atoms with Crippen molar-refractivity contribution in [1.29, 1.82) is 0 Å². The maximum Gasteiger partial charge on any atom is 0.306 e. The molecule has 1 atom stereocenters. The van der Waals surface area contributed by atoms with E-state index < -0.39 is 6.10 Å². The molecule has 1 fully saturated rings. The first-order valence-corrected chi connectivity index (χ1v) is 4.59. The summed E-state index contributed by atoms with van der Waals surface area (Å²) in [6, 6.07) is 0.0909. The topological polar surface area (TPSA) is 55.4 Å². The van der Waals surface area contributed by atoms with Crippen molar-refractivity contribution in [3.63, 3.8) is 0 Å². The first-order chi connectivity index (χ1) is 6.09. The molecule has 0 aliphatic carbocycles. The van der Waals surface area contributed by atoms with Gasteiger partial charge in [0.2, 0.25) is 0 Å². The van der Waals surface area contributed by atoms with Crippen LogP contribution in [0, 0.1) is 0 Å². The lowest BCUT2D eigenvalue weighted by Gasteiger charge is -2.22. The zero-order valence-corrected chi connectivity index (χ0v) is 8.00. The molecule has 1 N–H and O–H groups in total. The lowest BCUT2D eigenvalue weighted by Crippen LogP contribution is -2.42. The Balaban J connectivity index is 2.41. The summed E-state index contributed by atoms with van der Waals surface area (Å²) in [7, 11) is 0. The number of nitrogens with one attached hydrogen (secondary N) is 1. The molecule has 0 saturated carbocycles. The van der Waals surface area contributed by atoms with Crippen molar-refractivity contribution in [2.75, 3.05) is 0 Å². The number of esters is 1. The summed E-state index contributed by atoms with van der Waals surface area (Å²) in [4.78, 5) is 22.2. The fourth-order valence-corrected chi connectivity index (χ4v) is 1.27. The average molecular weight is 185 g/mol. The number of carbonyl (C=O) groups is 2. The van der Waals surface area contributed by atoms with E-state index in [0.29, 0.717) is 12.8 Å². The second kappa shape index (κ2) is 4.25. The van der Waals surface area contributed by atoms with Gasteiger partial charge in [-0.3, -0.25) is 9.59 Å². The molecule has 0 aromatic rings. The highest BCUT2D eigenvalue weighted by Gasteiger charge is 2.26. The molecule has 1 heterocycles. The van der Waals surface area contributed by atoms with E-state index in [-0.39, 0.29) is 17.9 Å². The van der Waals surface area contributed by atoms with Gasteiger partial charge in [0.15, 0.2) is 6.10 Å². The van der Waals surface area contributed by atoms with Crippen molar-refractivity contribution in [3.05, 3.63) is 0 Å². The van der Waals surface area contributed by atoms with Crippen molar-refractivity contribution < 1.29 is 14.3 Å². The number of ether oxygens (including phenoxy) is 1. The van der Waals surface area contributed by atoms with E-state index in [2.05, 4.69) is 5.32 Å². The fourth-order valence-electron chi connectivity index (χ4n) is 1.27. The van der Waals surface area contributed by atoms with Crippen LogP contribution < -0.4 is 5.32 Å². The predicted molar refractivity (Wildman–Crippen MR) is 47.0 cm³/mol. The van der Waals surface area contributed by atoms with Crippen LogP contribution in [0.15, 0.2) is 0 Å². The molecule has 0 radical (unpaired) electrons. The molecule has 1 saturated heterocycles. The van der Waals surface area contributed by atoms with Crippen LogP contribution in [0.4, 0.5) is 0 Å². The number of cyclic esters (lactones) is 1. The summed E-state index contributed by atoms with van der Waals surface area (Å²) < 4.78 is 4.90. The van der Waals surface area contributed by atoms with Gasteiger partial charge >= 0.3 is 5.97 Å². The van der Waals surface area contributed by atoms with Crippen molar-refractivity contribution >= 4 is 11.9 Å². The van der Waals surface area contributed by atoms with Crippen molar-refractivity contribution in [1.82, 2.24) is 5.32 Å². The third-order valence-electron chi connectivity index (χ3n) is 1.84. The van der Waals surface area contributed by atoms with Gasteiger partial charge in [-0.05, 0) is 26.7 Å². The molecule has 4 nitrogen and oxygen atoms in total. The molecule has 1 amide bonds. The Morgan fingerprint density at radius 3 is 2.85 bits per heavy atom. The number of hydrogen-bond donors (Lipinski definition) is 1. The van der Waals surface area contributed by atoms with Crippen LogP contribution in [0.5, 0.6) is 0 Å². The molecule has 1 rings (SSSR count). The maximum absolute atomic E-state index is 11.4. The van der Waals surface area contributed by atoms with E-state index >= 15 is 0 Å². The molecule has 4 heteroatoms. The second-order valence-corrected chi connectivity index (χ2v) is 3.53. The minimum Gasteiger partial charge on any atom is -0.452 e. The summed E-state index contributed by atoms with van der Waals surface area (Å²) in [5, 5.41) is 2.72. The van der Waals surface area contributed by atoms with Crippen LogP contribution in [0.3, 0.4) is 0 Å². The van der Waals surface area contributed by atoms with Gasteiger partial charge in [0.05, 0.1) is 0 Å². The highest BCUT2D eigenvalue weighted by Crippen LogP contribution is 2.13. The monoisotopic (exact) mass is 185 g/mol. The third-order valence-corrected chi connectivity index (χ3v) is 1.84. The van der Waals surface area contributed by atoms with Gasteiger partial charge in [0, 0.05) is 12.5 Å². The van der Waals surface area contributed by atoms with Crippen LogP contribution in [0.25, 0.3) is 0 Å². The molecule has 0 bridgehead atoms. The first-order valence-electron chi connectivity index (χ1n) is 4.59. The Bertz CT molecular complexity index is 213. The molecular formula is C9H15NO3. The van der Waals surface area contributed by atoms with Crippen LogP contribution in [0.1, 0.15) is 33.1 Å². The Labute approximate surface area is 77.6 Å². The highest BCUT2D eigenvalue weighted by atomic mass is 16.5. The lowest BCUT2D eigenvalue weighted by molar-refractivity contribution is -0.160. The van der Waals surface area contributed by atoms with E-state index in [1.165, 1.54) is 0 Å². The number of rotatable bonds is 2. The van der Waals surface area contributed by atoms with Crippen LogP contribution in [0.2, 0.25) is 0 Å². The highest BCUT2D eigenvalue weighted by molar-refractivity contribution is 5.84. The minimum atomic E-state index is -0.566. The number of hydrogen-bond acceptors (Lipinski definition) is 3. The Morgan fingerprint density at radius 1 is 1.62 bits per heavy atom. The summed E-state index contributed by atoms with van der Waals surface area (Å²) in [5.74, 6) is -0.446. The van der Waals surface area contributed by atoms with E-state index in [1.807, 2.05) is 13.8 Å². The van der Waals surface area contributed by atoms with Gasteiger partial charge in [-0.25, -0.2) is 0 Å². The van der Waals surface area contributed by atoms with E-state index in [4.69, 9.17) is 4.74 Å². The smallest absolute Gasteiger partial charge is 0.306 e. The molecule has 0 aromatic carbocycles. The average Bonchev–Trinajstić information content (AvgIpc) is 2.03. The standard InChI is InChI=1S/C9H15NO3/c1-6(2)10-9(12)7-4-3-5-8(11)13-7/h6-7H,3-5H2,1-2H3,(H,10,12)/t7-/m1/s1. The van der Waals surface area contributed by atoms with Gasteiger partial charge in [-0.1, -0.05) is 0 Å². The normalized spacial score (nSPS) is 22.7. The largest absolute Gasteiger partial charge is 0.452 e. The molecule has 1 aliphatic heterocycles. The summed E-state index contributed by atoms with van der Waals surface area (Å²) in [5.41, 5.74) is 0. The molecule has 1 aliphatic rings. The zero-order chi connectivity index (χ0) is 9.84. The van der Waals surface area contributed by atoms with Crippen molar-refractivity contribution in [3.8, 4) is 0 Å². The van der Waals surface area contributed by atoms with Crippen LogP contribution >= 0.6 is 0 Å². The van der Waals surface area contributed by atoms with E-state index in [1.54, 1.807) is 0 Å². The SMILES string of the molecule is CC(C)NC(=O)[C@H]1CCCC(=O)O1. The molecule has 13 heavy (non-hydrogen) atoms. The quantitative estimate of drug-likeness (QED) is 0.641. The number of amides is 1. The third kappa shape index (κ3) is 3.05. The maximum atomic E-state index is 11.4. The summed E-state index contributed by atoms with van der Waals surface area (Å²) in [6.07, 6.45) is 1.26. The Hall–Kier alpha value is -1.06. The molecule has 0 unspecified atom stereocenters. The zero-order valence-electron chi connectivity index (χ0n) is 8.00. The van der Waals surface area contributed by atoms with Gasteiger partial charge < -0.3 is 10.1 Å². The van der Waals surface area contributed by atoms with Crippen LogP contribution in [-0.4, -0.2) is 24.0 Å². The summed E-state index contributed by atoms with van der Waals surface area (Å²) >= 11 is 0. The molecule has 0 spiro atoms. The number of carbonyl (C=O) groups excluding carboxylic acids is 2. The Morgan fingerprint density at radius 2 is 2.31 bits per heavy atom. The van der Waals surface area contributed by atoms with Gasteiger partial charge in [0.1, 0.15) is 0 Å². The first kappa shape index (κ1) is 10.0. The Kier molecular flexibility index (Phi) is 3.28. The predicted octanol–water partition coefficient (Wildman–Crippen LogP) is 0.607. The van der Waals surface area contributed by atoms with Gasteiger partial charge in [-0.2, -0.15) is 0 Å². The minimum absolute atomic E-state index is 0.0909. The van der Waals surface area contributed by atoms with E-state index in [0.717, 1.165) is 6.42 Å². The second-order valence-electron chi connectivity index (χ2n) is 3.53. The van der Waals surface area contributed by atoms with Crippen molar-refractivity contribution in [2.45, 2.75) is 45.3 Å². The van der Waals surface area contributed by atoms with Gasteiger partial charge in [0.25, 0.3) is 5.91 Å². The molecule has 74 valence electrons. The lowest BCUT2D eigenvalue weighted by atomic mass is 10.1. The molecular weight excluding hydrogens is 170 g/mol. The van der Waals surface area contributed by atoms with Crippen LogP contribution in [-0.2, 0) is 14.3 Å². The summed E-state index contributed by atoms with van der Waals surface area (Å²) in [6.45, 7) is 3.76. The van der Waals surface area contributed by atoms with Gasteiger partial charge in [-0.15, -0.1) is 0 Å². The molecule has 0 aromatic heterocycles.